The van der Waals surface area contributed by atoms with Gasteiger partial charge in [0.25, 0.3) is 5.91 Å². The maximum absolute atomic E-state index is 12.1. The molecule has 2 N–H and O–H groups in total. The van der Waals surface area contributed by atoms with E-state index in [1.54, 1.807) is 12.3 Å². The number of aromatic nitrogens is 1. The zero-order chi connectivity index (χ0) is 13.7. The minimum atomic E-state index is -0.0548. The number of carbonyl (C=O) groups excluding carboxylic acids is 1. The Kier molecular flexibility index (Phi) is 4.77. The number of carbonyl (C=O) groups is 1. The van der Waals surface area contributed by atoms with Gasteiger partial charge in [0.05, 0.1) is 11.9 Å². The van der Waals surface area contributed by atoms with E-state index in [9.17, 15) is 4.79 Å². The van der Waals surface area contributed by atoms with Crippen LogP contribution in [0.5, 0.6) is 0 Å². The topological polar surface area (TPSA) is 54.0 Å². The fraction of sp³-hybridized carbons (Fsp3) is 0.600. The Bertz CT molecular complexity index is 416. The van der Waals surface area contributed by atoms with Crippen molar-refractivity contribution in [1.29, 1.82) is 0 Å². The molecule has 1 aliphatic carbocycles. The molecule has 1 aromatic heterocycles. The molecule has 2 unspecified atom stereocenters. The third-order valence-electron chi connectivity index (χ3n) is 3.75. The molecule has 0 aliphatic heterocycles. The Morgan fingerprint density at radius 2 is 2.26 bits per heavy atom. The first-order chi connectivity index (χ1) is 9.20. The third-order valence-corrected chi connectivity index (χ3v) is 3.75. The summed E-state index contributed by atoms with van der Waals surface area (Å²) >= 11 is 0. The van der Waals surface area contributed by atoms with Crippen LogP contribution in [-0.4, -0.2) is 23.5 Å². The highest BCUT2D eigenvalue weighted by molar-refractivity contribution is 5.92. The molecule has 1 saturated carbocycles. The first-order valence-electron chi connectivity index (χ1n) is 7.21. The lowest BCUT2D eigenvalue weighted by Gasteiger charge is -2.16. The van der Waals surface area contributed by atoms with E-state index in [0.29, 0.717) is 17.7 Å². The van der Waals surface area contributed by atoms with Gasteiger partial charge in [0.1, 0.15) is 5.69 Å². The van der Waals surface area contributed by atoms with Crippen molar-refractivity contribution in [2.24, 2.45) is 5.92 Å². The smallest absolute Gasteiger partial charge is 0.270 e. The van der Waals surface area contributed by atoms with E-state index < -0.39 is 0 Å². The van der Waals surface area contributed by atoms with Crippen molar-refractivity contribution in [1.82, 2.24) is 10.3 Å². The molecule has 1 aliphatic rings. The quantitative estimate of drug-likeness (QED) is 0.857. The molecule has 0 saturated heterocycles. The molecule has 1 fully saturated rings. The first-order valence-corrected chi connectivity index (χ1v) is 7.21. The van der Waals surface area contributed by atoms with E-state index in [-0.39, 0.29) is 5.91 Å². The highest BCUT2D eigenvalue weighted by Crippen LogP contribution is 2.24. The molecule has 4 nitrogen and oxygen atoms in total. The SMILES string of the molecule is CCCNc1ccc(C(=O)NC2CCCC2C)nc1. The van der Waals surface area contributed by atoms with Crippen LogP contribution >= 0.6 is 0 Å². The van der Waals surface area contributed by atoms with Crippen LogP contribution in [0.15, 0.2) is 18.3 Å². The first kappa shape index (κ1) is 13.8. The summed E-state index contributed by atoms with van der Waals surface area (Å²) in [5.41, 5.74) is 1.47. The number of anilines is 1. The second-order valence-corrected chi connectivity index (χ2v) is 5.35. The van der Waals surface area contributed by atoms with Crippen molar-refractivity contribution < 1.29 is 4.79 Å². The second kappa shape index (κ2) is 6.55. The maximum Gasteiger partial charge on any atom is 0.270 e. The minimum absolute atomic E-state index is 0.0548. The van der Waals surface area contributed by atoms with E-state index in [0.717, 1.165) is 25.1 Å². The van der Waals surface area contributed by atoms with Crippen LogP contribution in [0.4, 0.5) is 5.69 Å². The van der Waals surface area contributed by atoms with E-state index in [1.165, 1.54) is 12.8 Å². The van der Waals surface area contributed by atoms with Crippen molar-refractivity contribution in [3.63, 3.8) is 0 Å². The predicted octanol–water partition coefficient (Wildman–Crippen LogP) is 2.82. The summed E-state index contributed by atoms with van der Waals surface area (Å²) in [6, 6.07) is 4.01. The Balaban J connectivity index is 1.91. The summed E-state index contributed by atoms with van der Waals surface area (Å²) in [6.45, 7) is 5.24. The number of hydrogen-bond donors (Lipinski definition) is 2. The molecule has 2 atom stereocenters. The van der Waals surface area contributed by atoms with Crippen molar-refractivity contribution in [2.75, 3.05) is 11.9 Å². The Labute approximate surface area is 115 Å². The van der Waals surface area contributed by atoms with E-state index in [4.69, 9.17) is 0 Å². The molecule has 4 heteroatoms. The molecule has 0 spiro atoms. The van der Waals surface area contributed by atoms with E-state index in [2.05, 4.69) is 29.5 Å². The third kappa shape index (κ3) is 3.69. The summed E-state index contributed by atoms with van der Waals surface area (Å²) in [5, 5.41) is 6.33. The summed E-state index contributed by atoms with van der Waals surface area (Å²) in [7, 11) is 0. The Hall–Kier alpha value is -1.58. The molecule has 19 heavy (non-hydrogen) atoms. The van der Waals surface area contributed by atoms with Crippen molar-refractivity contribution in [2.45, 2.75) is 45.6 Å². The van der Waals surface area contributed by atoms with Gasteiger partial charge in [-0.05, 0) is 37.3 Å². The van der Waals surface area contributed by atoms with Crippen LogP contribution in [0.2, 0.25) is 0 Å². The van der Waals surface area contributed by atoms with Gasteiger partial charge >= 0.3 is 0 Å². The fourth-order valence-electron chi connectivity index (χ4n) is 2.50. The van der Waals surface area contributed by atoms with Crippen molar-refractivity contribution in [3.8, 4) is 0 Å². The number of rotatable bonds is 5. The molecule has 1 aromatic rings. The molecule has 0 bridgehead atoms. The minimum Gasteiger partial charge on any atom is -0.384 e. The molecule has 1 amide bonds. The highest BCUT2D eigenvalue weighted by Gasteiger charge is 2.25. The summed E-state index contributed by atoms with van der Waals surface area (Å²) in [6.07, 6.45) is 6.30. The Morgan fingerprint density at radius 3 is 2.84 bits per heavy atom. The molecule has 2 rings (SSSR count). The monoisotopic (exact) mass is 261 g/mol. The predicted molar refractivity (Wildman–Crippen MR) is 77.3 cm³/mol. The fourth-order valence-corrected chi connectivity index (χ4v) is 2.50. The van der Waals surface area contributed by atoms with Gasteiger partial charge in [-0.15, -0.1) is 0 Å². The van der Waals surface area contributed by atoms with E-state index in [1.807, 2.05) is 6.07 Å². The number of nitrogens with one attached hydrogen (secondary N) is 2. The lowest BCUT2D eigenvalue weighted by Crippen LogP contribution is -2.36. The number of hydrogen-bond acceptors (Lipinski definition) is 3. The van der Waals surface area contributed by atoms with Gasteiger partial charge in [-0.25, -0.2) is 4.98 Å². The van der Waals surface area contributed by atoms with Crippen molar-refractivity contribution in [3.05, 3.63) is 24.0 Å². The lowest BCUT2D eigenvalue weighted by atomic mass is 10.1. The van der Waals surface area contributed by atoms with Crippen LogP contribution in [0, 0.1) is 5.92 Å². The van der Waals surface area contributed by atoms with Gasteiger partial charge in [-0.3, -0.25) is 4.79 Å². The van der Waals surface area contributed by atoms with Crippen LogP contribution in [0.1, 0.15) is 50.0 Å². The van der Waals surface area contributed by atoms with Gasteiger partial charge in [0, 0.05) is 12.6 Å². The average Bonchev–Trinajstić information content (AvgIpc) is 2.82. The van der Waals surface area contributed by atoms with E-state index >= 15 is 0 Å². The van der Waals surface area contributed by atoms with Crippen LogP contribution in [0.3, 0.4) is 0 Å². The molecular weight excluding hydrogens is 238 g/mol. The molecular formula is C15H23N3O. The molecule has 104 valence electrons. The normalized spacial score (nSPS) is 22.2. The summed E-state index contributed by atoms with van der Waals surface area (Å²) in [5.74, 6) is 0.523. The molecule has 1 heterocycles. The van der Waals surface area contributed by atoms with Crippen LogP contribution in [-0.2, 0) is 0 Å². The maximum atomic E-state index is 12.1. The van der Waals surface area contributed by atoms with Crippen LogP contribution in [0.25, 0.3) is 0 Å². The zero-order valence-corrected chi connectivity index (χ0v) is 11.8. The number of pyridine rings is 1. The zero-order valence-electron chi connectivity index (χ0n) is 11.8. The van der Waals surface area contributed by atoms with Gasteiger partial charge in [0.15, 0.2) is 0 Å². The summed E-state index contributed by atoms with van der Waals surface area (Å²) in [4.78, 5) is 16.3. The second-order valence-electron chi connectivity index (χ2n) is 5.35. The van der Waals surface area contributed by atoms with Crippen LogP contribution < -0.4 is 10.6 Å². The van der Waals surface area contributed by atoms with Gasteiger partial charge in [0.2, 0.25) is 0 Å². The standard InChI is InChI=1S/C15H23N3O/c1-3-9-16-12-7-8-14(17-10-12)15(19)18-13-6-4-5-11(13)2/h7-8,10-11,13,16H,3-6,9H2,1-2H3,(H,18,19). The average molecular weight is 261 g/mol. The highest BCUT2D eigenvalue weighted by atomic mass is 16.1. The lowest BCUT2D eigenvalue weighted by molar-refractivity contribution is 0.0924. The van der Waals surface area contributed by atoms with Gasteiger partial charge in [-0.1, -0.05) is 20.3 Å². The summed E-state index contributed by atoms with van der Waals surface area (Å²) < 4.78 is 0. The number of amides is 1. The Morgan fingerprint density at radius 1 is 1.42 bits per heavy atom. The molecule has 0 aromatic carbocycles. The number of nitrogens with zero attached hydrogens (tertiary/aromatic N) is 1. The largest absolute Gasteiger partial charge is 0.384 e. The van der Waals surface area contributed by atoms with Gasteiger partial charge < -0.3 is 10.6 Å². The molecule has 0 radical (unpaired) electrons. The van der Waals surface area contributed by atoms with Gasteiger partial charge in [-0.2, -0.15) is 0 Å². The van der Waals surface area contributed by atoms with Crippen molar-refractivity contribution >= 4 is 11.6 Å².